The van der Waals surface area contributed by atoms with Gasteiger partial charge in [0.25, 0.3) is 0 Å². The minimum Gasteiger partial charge on any atom is -0.316 e. The van der Waals surface area contributed by atoms with Crippen LogP contribution in [0.2, 0.25) is 5.02 Å². The highest BCUT2D eigenvalue weighted by molar-refractivity contribution is 7.89. The quantitative estimate of drug-likeness (QED) is 0.859. The molecule has 17 heavy (non-hydrogen) atoms. The van der Waals surface area contributed by atoms with Gasteiger partial charge in [-0.1, -0.05) is 18.5 Å². The first-order valence-corrected chi connectivity index (χ1v) is 6.90. The van der Waals surface area contributed by atoms with Crippen LogP contribution in [-0.4, -0.2) is 22.0 Å². The molecule has 96 valence electrons. The molecule has 7 heteroatoms. The number of nitrogens with one attached hydrogen (secondary N) is 2. The molecule has 0 aliphatic heterocycles. The van der Waals surface area contributed by atoms with Gasteiger partial charge in [0.05, 0.1) is 0 Å². The van der Waals surface area contributed by atoms with E-state index < -0.39 is 20.7 Å². The lowest BCUT2D eigenvalue weighted by atomic mass is 10.2. The van der Waals surface area contributed by atoms with Crippen LogP contribution in [0.4, 0.5) is 4.39 Å². The molecule has 1 aromatic rings. The van der Waals surface area contributed by atoms with Crippen molar-refractivity contribution in [1.29, 1.82) is 0 Å². The van der Waals surface area contributed by atoms with Crippen molar-refractivity contribution in [3.63, 3.8) is 0 Å². The molecule has 0 saturated carbocycles. The highest BCUT2D eigenvalue weighted by Crippen LogP contribution is 2.23. The van der Waals surface area contributed by atoms with Crippen LogP contribution in [0.5, 0.6) is 0 Å². The van der Waals surface area contributed by atoms with Crippen molar-refractivity contribution in [3.8, 4) is 0 Å². The van der Waals surface area contributed by atoms with E-state index in [4.69, 9.17) is 11.6 Å². The predicted molar refractivity (Wildman–Crippen MR) is 65.0 cm³/mol. The zero-order valence-corrected chi connectivity index (χ0v) is 11.1. The third kappa shape index (κ3) is 3.38. The van der Waals surface area contributed by atoms with Crippen molar-refractivity contribution in [2.75, 3.05) is 13.6 Å². The second-order valence-electron chi connectivity index (χ2n) is 3.41. The van der Waals surface area contributed by atoms with Crippen molar-refractivity contribution in [2.45, 2.75) is 18.4 Å². The molecule has 0 atom stereocenters. The smallest absolute Gasteiger partial charge is 0.243 e. The Morgan fingerprint density at radius 3 is 2.59 bits per heavy atom. The monoisotopic (exact) mass is 280 g/mol. The van der Waals surface area contributed by atoms with Crippen LogP contribution in [0.3, 0.4) is 0 Å². The van der Waals surface area contributed by atoms with Gasteiger partial charge in [0.2, 0.25) is 10.0 Å². The van der Waals surface area contributed by atoms with Gasteiger partial charge in [-0.05, 0) is 19.2 Å². The first-order chi connectivity index (χ1) is 7.92. The average Bonchev–Trinajstić information content (AvgIpc) is 2.23. The largest absolute Gasteiger partial charge is 0.316 e. The minimum atomic E-state index is -3.84. The molecule has 0 fully saturated rings. The fraction of sp³-hybridized carbons (Fsp3) is 0.400. The highest BCUT2D eigenvalue weighted by Gasteiger charge is 2.21. The van der Waals surface area contributed by atoms with Crippen LogP contribution in [0.1, 0.15) is 12.5 Å². The summed E-state index contributed by atoms with van der Waals surface area (Å²) in [4.78, 5) is -0.419. The first kappa shape index (κ1) is 14.4. The summed E-state index contributed by atoms with van der Waals surface area (Å²) in [5.41, 5.74) is 0.219. The molecule has 0 unspecified atom stereocenters. The van der Waals surface area contributed by atoms with E-state index in [-0.39, 0.29) is 23.7 Å². The lowest BCUT2D eigenvalue weighted by Crippen LogP contribution is -2.25. The molecule has 0 spiro atoms. The standard InChI is InChI=1S/C10H14ClFN2O2S/c1-3-14-17(15,16)9-5-8(11)4-7(6-13-2)10(9)12/h4-5,13-14H,3,6H2,1-2H3. The molecule has 2 N–H and O–H groups in total. The van der Waals surface area contributed by atoms with E-state index in [0.717, 1.165) is 6.07 Å². The van der Waals surface area contributed by atoms with Crippen LogP contribution in [0.25, 0.3) is 0 Å². The van der Waals surface area contributed by atoms with E-state index in [1.54, 1.807) is 14.0 Å². The maximum absolute atomic E-state index is 13.9. The van der Waals surface area contributed by atoms with E-state index in [9.17, 15) is 12.8 Å². The molecule has 0 bridgehead atoms. The number of hydrogen-bond acceptors (Lipinski definition) is 3. The highest BCUT2D eigenvalue weighted by atomic mass is 35.5. The van der Waals surface area contributed by atoms with Crippen LogP contribution >= 0.6 is 11.6 Å². The summed E-state index contributed by atoms with van der Waals surface area (Å²) in [6.07, 6.45) is 0. The maximum Gasteiger partial charge on any atom is 0.243 e. The van der Waals surface area contributed by atoms with Gasteiger partial charge in [-0.15, -0.1) is 0 Å². The van der Waals surface area contributed by atoms with Gasteiger partial charge in [-0.3, -0.25) is 0 Å². The van der Waals surface area contributed by atoms with Crippen molar-refractivity contribution in [1.82, 2.24) is 10.0 Å². The third-order valence-electron chi connectivity index (χ3n) is 2.07. The molecular formula is C10H14ClFN2O2S. The van der Waals surface area contributed by atoms with Crippen LogP contribution in [-0.2, 0) is 16.6 Å². The van der Waals surface area contributed by atoms with Gasteiger partial charge >= 0.3 is 0 Å². The summed E-state index contributed by atoms with van der Waals surface area (Å²) in [5, 5.41) is 2.94. The van der Waals surface area contributed by atoms with Crippen LogP contribution in [0, 0.1) is 5.82 Å². The van der Waals surface area contributed by atoms with Crippen molar-refractivity contribution < 1.29 is 12.8 Å². The van der Waals surface area contributed by atoms with Gasteiger partial charge in [0, 0.05) is 23.7 Å². The topological polar surface area (TPSA) is 58.2 Å². The van der Waals surface area contributed by atoms with E-state index in [0.29, 0.717) is 0 Å². The molecule has 0 aromatic heterocycles. The summed E-state index contributed by atoms with van der Waals surface area (Å²) in [6.45, 7) is 2.02. The normalized spacial score (nSPS) is 11.8. The molecular weight excluding hydrogens is 267 g/mol. The van der Waals surface area contributed by atoms with Gasteiger partial charge in [0.15, 0.2) is 0 Å². The molecule has 0 heterocycles. The molecule has 0 aliphatic rings. The lowest BCUT2D eigenvalue weighted by molar-refractivity contribution is 0.547. The second kappa shape index (κ2) is 5.77. The van der Waals surface area contributed by atoms with E-state index in [1.807, 2.05) is 0 Å². The zero-order chi connectivity index (χ0) is 13.1. The van der Waals surface area contributed by atoms with Gasteiger partial charge in [0.1, 0.15) is 10.7 Å². The van der Waals surface area contributed by atoms with E-state index in [2.05, 4.69) is 10.0 Å². The SMILES string of the molecule is CCNS(=O)(=O)c1cc(Cl)cc(CNC)c1F. The Bertz CT molecular complexity index is 505. The maximum atomic E-state index is 13.9. The zero-order valence-electron chi connectivity index (χ0n) is 9.55. The van der Waals surface area contributed by atoms with Crippen molar-refractivity contribution in [2.24, 2.45) is 0 Å². The fourth-order valence-corrected chi connectivity index (χ4v) is 2.89. The molecule has 1 rings (SSSR count). The summed E-state index contributed by atoms with van der Waals surface area (Å²) in [7, 11) is -2.20. The Morgan fingerprint density at radius 1 is 1.41 bits per heavy atom. The Kier molecular flexibility index (Phi) is 4.88. The molecule has 1 aromatic carbocycles. The van der Waals surface area contributed by atoms with Gasteiger partial charge in [-0.2, -0.15) is 0 Å². The minimum absolute atomic E-state index is 0.188. The number of sulfonamides is 1. The molecule has 0 saturated heterocycles. The van der Waals surface area contributed by atoms with Crippen LogP contribution in [0.15, 0.2) is 17.0 Å². The second-order valence-corrected chi connectivity index (χ2v) is 5.58. The Balaban J connectivity index is 3.34. The predicted octanol–water partition coefficient (Wildman–Crippen LogP) is 1.50. The number of benzene rings is 1. The fourth-order valence-electron chi connectivity index (χ4n) is 1.40. The number of rotatable bonds is 5. The molecule has 0 aliphatic carbocycles. The summed E-state index contributed by atoms with van der Waals surface area (Å²) < 4.78 is 39.6. The number of halogens is 2. The first-order valence-electron chi connectivity index (χ1n) is 5.04. The lowest BCUT2D eigenvalue weighted by Gasteiger charge is -2.10. The summed E-state index contributed by atoms with van der Waals surface area (Å²) in [6, 6.07) is 2.51. The van der Waals surface area contributed by atoms with E-state index in [1.165, 1.54) is 6.07 Å². The number of hydrogen-bond donors (Lipinski definition) is 2. The van der Waals surface area contributed by atoms with Crippen molar-refractivity contribution >= 4 is 21.6 Å². The Morgan fingerprint density at radius 2 is 2.06 bits per heavy atom. The summed E-state index contributed by atoms with van der Waals surface area (Å²) in [5.74, 6) is -0.773. The van der Waals surface area contributed by atoms with Gasteiger partial charge in [-0.25, -0.2) is 17.5 Å². The Labute approximate surface area is 105 Å². The Hall–Kier alpha value is -0.690. The molecule has 0 amide bonds. The average molecular weight is 281 g/mol. The van der Waals surface area contributed by atoms with Gasteiger partial charge < -0.3 is 5.32 Å². The van der Waals surface area contributed by atoms with E-state index >= 15 is 0 Å². The third-order valence-corrected chi connectivity index (χ3v) is 3.83. The van der Waals surface area contributed by atoms with Crippen molar-refractivity contribution in [3.05, 3.63) is 28.5 Å². The molecule has 4 nitrogen and oxygen atoms in total. The summed E-state index contributed by atoms with van der Waals surface area (Å²) >= 11 is 5.78. The molecule has 0 radical (unpaired) electrons. The van der Waals surface area contributed by atoms with Crippen LogP contribution < -0.4 is 10.0 Å².